The third-order valence-corrected chi connectivity index (χ3v) is 3.00. The number of amides is 2. The van der Waals surface area contributed by atoms with Gasteiger partial charge in [0, 0.05) is 25.2 Å². The van der Waals surface area contributed by atoms with Gasteiger partial charge in [-0.25, -0.2) is 9.97 Å². The second kappa shape index (κ2) is 7.74. The quantitative estimate of drug-likeness (QED) is 0.524. The molecule has 0 fully saturated rings. The van der Waals surface area contributed by atoms with Crippen LogP contribution in [-0.4, -0.2) is 35.1 Å². The molecule has 120 valence electrons. The second-order valence-electron chi connectivity index (χ2n) is 4.83. The Morgan fingerprint density at radius 1 is 0.826 bits per heavy atom. The standard InChI is InChI=1S/C15H16N4O4/c20-12-4-10(6-16-8-12)14(22)18-2-1-3-19-15(23)11-5-13(21)9-17-7-11/h4-9,20-21H,1-3H2,(H,18,22)(H,19,23)/p+2. The summed E-state index contributed by atoms with van der Waals surface area (Å²) in [6.45, 7) is 0.752. The number of pyridine rings is 2. The van der Waals surface area contributed by atoms with E-state index in [9.17, 15) is 19.8 Å². The summed E-state index contributed by atoms with van der Waals surface area (Å²) in [6, 6.07) is 2.71. The van der Waals surface area contributed by atoms with Crippen molar-refractivity contribution < 1.29 is 29.8 Å². The highest BCUT2D eigenvalue weighted by atomic mass is 16.3. The van der Waals surface area contributed by atoms with Crippen LogP contribution in [0.3, 0.4) is 0 Å². The lowest BCUT2D eigenvalue weighted by molar-refractivity contribution is -0.379. The van der Waals surface area contributed by atoms with Gasteiger partial charge in [-0.2, -0.15) is 0 Å². The highest BCUT2D eigenvalue weighted by Crippen LogP contribution is 2.06. The monoisotopic (exact) mass is 318 g/mol. The van der Waals surface area contributed by atoms with Crippen molar-refractivity contribution in [1.29, 1.82) is 0 Å². The van der Waals surface area contributed by atoms with Crippen molar-refractivity contribution in [2.45, 2.75) is 6.42 Å². The Morgan fingerprint density at radius 2 is 1.26 bits per heavy atom. The van der Waals surface area contributed by atoms with E-state index < -0.39 is 0 Å². The lowest BCUT2D eigenvalue weighted by Gasteiger charge is -2.06. The molecule has 0 unspecified atom stereocenters. The Hall–Kier alpha value is -3.16. The topological polar surface area (TPSA) is 127 Å². The van der Waals surface area contributed by atoms with E-state index in [4.69, 9.17) is 0 Å². The largest absolute Gasteiger partial charge is 0.503 e. The molecule has 0 bridgehead atoms. The maximum absolute atomic E-state index is 11.8. The van der Waals surface area contributed by atoms with Gasteiger partial charge in [0.2, 0.25) is 12.4 Å². The third kappa shape index (κ3) is 4.95. The Labute approximate surface area is 132 Å². The van der Waals surface area contributed by atoms with E-state index in [0.717, 1.165) is 0 Å². The van der Waals surface area contributed by atoms with E-state index in [-0.39, 0.29) is 23.3 Å². The fraction of sp³-hybridized carbons (Fsp3) is 0.200. The molecule has 2 aromatic rings. The number of aromatic hydroxyl groups is 2. The molecule has 0 saturated carbocycles. The first-order valence-electron chi connectivity index (χ1n) is 7.03. The van der Waals surface area contributed by atoms with Gasteiger partial charge in [-0.3, -0.25) is 9.59 Å². The molecule has 0 aliphatic heterocycles. The van der Waals surface area contributed by atoms with Gasteiger partial charge >= 0.3 is 0 Å². The van der Waals surface area contributed by atoms with E-state index in [1.165, 1.54) is 36.9 Å². The molecule has 6 N–H and O–H groups in total. The smallest absolute Gasteiger partial charge is 0.257 e. The van der Waals surface area contributed by atoms with Crippen molar-refractivity contribution in [3.05, 3.63) is 48.0 Å². The van der Waals surface area contributed by atoms with Gasteiger partial charge in [0.25, 0.3) is 11.8 Å². The van der Waals surface area contributed by atoms with Crippen molar-refractivity contribution in [2.24, 2.45) is 0 Å². The summed E-state index contributed by atoms with van der Waals surface area (Å²) in [5.74, 6) is -0.669. The molecule has 2 amide bonds. The second-order valence-corrected chi connectivity index (χ2v) is 4.83. The van der Waals surface area contributed by atoms with Crippen molar-refractivity contribution in [1.82, 2.24) is 10.6 Å². The summed E-state index contributed by atoms with van der Waals surface area (Å²) >= 11 is 0. The van der Waals surface area contributed by atoms with Gasteiger partial charge < -0.3 is 20.8 Å². The Kier molecular flexibility index (Phi) is 5.45. The zero-order chi connectivity index (χ0) is 16.7. The molecular weight excluding hydrogens is 300 g/mol. The molecule has 0 radical (unpaired) electrons. The van der Waals surface area contributed by atoms with Gasteiger partial charge in [-0.05, 0) is 6.42 Å². The highest BCUT2D eigenvalue weighted by Gasteiger charge is 2.10. The summed E-state index contributed by atoms with van der Waals surface area (Å²) < 4.78 is 0. The maximum Gasteiger partial charge on any atom is 0.257 e. The van der Waals surface area contributed by atoms with Crippen molar-refractivity contribution >= 4 is 11.8 Å². The van der Waals surface area contributed by atoms with E-state index in [1.54, 1.807) is 0 Å². The highest BCUT2D eigenvalue weighted by molar-refractivity contribution is 5.94. The van der Waals surface area contributed by atoms with Crippen LogP contribution in [0.1, 0.15) is 27.1 Å². The summed E-state index contributed by atoms with van der Waals surface area (Å²) in [5.41, 5.74) is 0.647. The first kappa shape index (κ1) is 16.2. The molecule has 0 saturated heterocycles. The zero-order valence-corrected chi connectivity index (χ0v) is 12.3. The van der Waals surface area contributed by atoms with Crippen molar-refractivity contribution in [3.8, 4) is 11.5 Å². The predicted octanol–water partition coefficient (Wildman–Crippen LogP) is -0.724. The zero-order valence-electron chi connectivity index (χ0n) is 12.3. The van der Waals surface area contributed by atoms with Crippen molar-refractivity contribution in [2.75, 3.05) is 13.1 Å². The molecular formula is C15H18N4O4+2. The fourth-order valence-corrected chi connectivity index (χ4v) is 1.88. The average molecular weight is 318 g/mol. The normalized spacial score (nSPS) is 10.1. The molecule has 2 heterocycles. The van der Waals surface area contributed by atoms with Crippen LogP contribution in [0.4, 0.5) is 0 Å². The van der Waals surface area contributed by atoms with E-state index in [2.05, 4.69) is 20.6 Å². The van der Waals surface area contributed by atoms with Gasteiger partial charge in [-0.15, -0.1) is 0 Å². The lowest BCUT2D eigenvalue weighted by atomic mass is 10.2. The molecule has 8 heteroatoms. The van der Waals surface area contributed by atoms with Crippen LogP contribution in [-0.2, 0) is 0 Å². The minimum atomic E-state index is -0.314. The van der Waals surface area contributed by atoms with Crippen molar-refractivity contribution in [3.63, 3.8) is 0 Å². The number of aromatic nitrogens is 2. The molecule has 23 heavy (non-hydrogen) atoms. The van der Waals surface area contributed by atoms with Gasteiger partial charge in [-0.1, -0.05) is 0 Å². The predicted molar refractivity (Wildman–Crippen MR) is 78.6 cm³/mol. The molecule has 2 rings (SSSR count). The molecule has 0 atom stereocenters. The average Bonchev–Trinajstić information content (AvgIpc) is 2.54. The summed E-state index contributed by atoms with van der Waals surface area (Å²) in [6.07, 6.45) is 6.24. The number of aromatic amines is 2. The van der Waals surface area contributed by atoms with E-state index in [0.29, 0.717) is 30.6 Å². The Morgan fingerprint density at radius 3 is 1.65 bits per heavy atom. The van der Waals surface area contributed by atoms with E-state index >= 15 is 0 Å². The molecule has 2 aromatic heterocycles. The number of rotatable bonds is 6. The molecule has 8 nitrogen and oxygen atoms in total. The third-order valence-electron chi connectivity index (χ3n) is 3.00. The lowest BCUT2D eigenvalue weighted by Crippen LogP contribution is -2.30. The van der Waals surface area contributed by atoms with E-state index in [1.807, 2.05) is 0 Å². The van der Waals surface area contributed by atoms with Crippen LogP contribution in [0.2, 0.25) is 0 Å². The molecule has 0 aliphatic rings. The summed E-state index contributed by atoms with van der Waals surface area (Å²) in [7, 11) is 0. The summed E-state index contributed by atoms with van der Waals surface area (Å²) in [5, 5.41) is 23.9. The number of hydrogen-bond donors (Lipinski definition) is 4. The fourth-order valence-electron chi connectivity index (χ4n) is 1.88. The number of hydrogen-bond acceptors (Lipinski definition) is 4. The van der Waals surface area contributed by atoms with Gasteiger partial charge in [0.05, 0.1) is 0 Å². The number of carbonyl (C=O) groups is 2. The van der Waals surface area contributed by atoms with Gasteiger partial charge in [0.15, 0.2) is 23.9 Å². The first-order chi connectivity index (χ1) is 11.1. The van der Waals surface area contributed by atoms with Crippen LogP contribution in [0.25, 0.3) is 0 Å². The maximum atomic E-state index is 11.8. The minimum absolute atomic E-state index is 0.0205. The summed E-state index contributed by atoms with van der Waals surface area (Å²) in [4.78, 5) is 28.9. The minimum Gasteiger partial charge on any atom is -0.503 e. The van der Waals surface area contributed by atoms with Gasteiger partial charge in [0.1, 0.15) is 11.1 Å². The number of H-pyrrole nitrogens is 2. The molecule has 0 aromatic carbocycles. The molecule has 0 spiro atoms. The number of carbonyl (C=O) groups excluding carboxylic acids is 2. The Bertz CT molecular complexity index is 646. The van der Waals surface area contributed by atoms with Crippen LogP contribution in [0.15, 0.2) is 36.9 Å². The first-order valence-corrected chi connectivity index (χ1v) is 7.03. The number of nitrogens with one attached hydrogen (secondary N) is 4. The molecule has 0 aliphatic carbocycles. The van der Waals surface area contributed by atoms with Crippen LogP contribution >= 0.6 is 0 Å². The SMILES string of the molecule is O=C(NCCCNC(=O)c1c[nH+]cc(O)c1)c1c[nH+]cc(O)c1. The van der Waals surface area contributed by atoms with Crippen LogP contribution < -0.4 is 20.6 Å². The van der Waals surface area contributed by atoms with Crippen LogP contribution in [0, 0.1) is 0 Å². The van der Waals surface area contributed by atoms with Crippen LogP contribution in [0.5, 0.6) is 11.5 Å². The Balaban J connectivity index is 1.69.